The number of nitrogens with zero attached hydrogens (tertiary/aromatic N) is 2. The minimum atomic E-state index is -0.586. The van der Waals surface area contributed by atoms with E-state index in [9.17, 15) is 9.18 Å². The summed E-state index contributed by atoms with van der Waals surface area (Å²) in [5, 5.41) is 0. The van der Waals surface area contributed by atoms with Gasteiger partial charge in [-0.15, -0.1) is 11.6 Å². The maximum Gasteiger partial charge on any atom is 0.420 e. The normalized spacial score (nSPS) is 11.2. The number of aromatic nitrogens is 2. The molecule has 0 saturated heterocycles. The molecule has 0 amide bonds. The van der Waals surface area contributed by atoms with Crippen molar-refractivity contribution >= 4 is 28.7 Å². The van der Waals surface area contributed by atoms with Crippen LogP contribution in [-0.4, -0.2) is 22.3 Å². The first-order chi connectivity index (χ1) is 9.02. The highest BCUT2D eigenvalue weighted by molar-refractivity contribution is 6.17. The molecule has 0 aliphatic carbocycles. The Balaban J connectivity index is 2.44. The molecule has 0 aliphatic rings. The molecule has 0 N–H and O–H groups in total. The van der Waals surface area contributed by atoms with Crippen molar-refractivity contribution in [1.82, 2.24) is 9.55 Å². The summed E-state index contributed by atoms with van der Waals surface area (Å²) >= 11 is 5.77. The molecule has 2 aromatic rings. The van der Waals surface area contributed by atoms with Crippen molar-refractivity contribution < 1.29 is 13.9 Å². The van der Waals surface area contributed by atoms with Crippen molar-refractivity contribution in [3.05, 3.63) is 29.8 Å². The Bertz CT molecular complexity index is 610. The Morgan fingerprint density at radius 1 is 1.53 bits per heavy atom. The smallest absolute Gasteiger partial charge is 0.420 e. The van der Waals surface area contributed by atoms with Crippen LogP contribution in [0, 0.1) is 11.7 Å². The lowest BCUT2D eigenvalue weighted by Crippen LogP contribution is -2.18. The zero-order chi connectivity index (χ0) is 14.0. The fraction of sp³-hybridized carbons (Fsp3) is 0.385. The SMILES string of the molecule is CC(C)COC(=O)n1c(CCl)nc2ccc(F)cc21. The number of hydrogen-bond acceptors (Lipinski definition) is 3. The molecule has 0 fully saturated rings. The fourth-order valence-corrected chi connectivity index (χ4v) is 1.87. The van der Waals surface area contributed by atoms with Gasteiger partial charge in [0.15, 0.2) is 0 Å². The summed E-state index contributed by atoms with van der Waals surface area (Å²) in [5.41, 5.74) is 0.878. The molecule has 0 unspecified atom stereocenters. The number of rotatable bonds is 3. The number of alkyl halides is 1. The van der Waals surface area contributed by atoms with E-state index in [0.29, 0.717) is 16.9 Å². The van der Waals surface area contributed by atoms with E-state index in [1.807, 2.05) is 13.8 Å². The summed E-state index contributed by atoms with van der Waals surface area (Å²) in [4.78, 5) is 16.2. The van der Waals surface area contributed by atoms with E-state index in [0.717, 1.165) is 0 Å². The predicted octanol–water partition coefficient (Wildman–Crippen LogP) is 3.55. The van der Waals surface area contributed by atoms with Gasteiger partial charge in [-0.1, -0.05) is 13.8 Å². The van der Waals surface area contributed by atoms with Gasteiger partial charge in [-0.05, 0) is 18.1 Å². The average molecular weight is 285 g/mol. The van der Waals surface area contributed by atoms with Gasteiger partial charge in [0.05, 0.1) is 23.5 Å². The Hall–Kier alpha value is -1.62. The summed E-state index contributed by atoms with van der Waals surface area (Å²) in [6.45, 7) is 4.15. The monoisotopic (exact) mass is 284 g/mol. The van der Waals surface area contributed by atoms with Crippen LogP contribution in [0.2, 0.25) is 0 Å². The highest BCUT2D eigenvalue weighted by atomic mass is 35.5. The van der Waals surface area contributed by atoms with Crippen LogP contribution in [0.1, 0.15) is 19.7 Å². The predicted molar refractivity (Wildman–Crippen MR) is 70.8 cm³/mol. The Morgan fingerprint density at radius 2 is 2.26 bits per heavy atom. The minimum absolute atomic E-state index is 0.0487. The summed E-state index contributed by atoms with van der Waals surface area (Å²) in [6, 6.07) is 4.04. The summed E-state index contributed by atoms with van der Waals surface area (Å²) in [7, 11) is 0. The molecule has 4 nitrogen and oxygen atoms in total. The van der Waals surface area contributed by atoms with E-state index >= 15 is 0 Å². The van der Waals surface area contributed by atoms with Crippen molar-refractivity contribution in [2.45, 2.75) is 19.7 Å². The van der Waals surface area contributed by atoms with Gasteiger partial charge < -0.3 is 4.74 Å². The number of benzene rings is 1. The van der Waals surface area contributed by atoms with Gasteiger partial charge in [0.1, 0.15) is 11.6 Å². The number of ether oxygens (including phenoxy) is 1. The second kappa shape index (κ2) is 5.57. The van der Waals surface area contributed by atoms with Gasteiger partial charge in [-0.25, -0.2) is 18.7 Å². The van der Waals surface area contributed by atoms with Crippen LogP contribution in [0.4, 0.5) is 9.18 Å². The topological polar surface area (TPSA) is 44.1 Å². The molecule has 2 rings (SSSR count). The lowest BCUT2D eigenvalue weighted by molar-refractivity contribution is 0.135. The van der Waals surface area contributed by atoms with Crippen molar-refractivity contribution in [1.29, 1.82) is 0 Å². The Morgan fingerprint density at radius 3 is 2.89 bits per heavy atom. The van der Waals surface area contributed by atoms with Crippen LogP contribution < -0.4 is 0 Å². The number of carbonyl (C=O) groups is 1. The summed E-state index contributed by atoms with van der Waals surface area (Å²) < 4.78 is 19.6. The molecule has 19 heavy (non-hydrogen) atoms. The minimum Gasteiger partial charge on any atom is -0.449 e. The van der Waals surface area contributed by atoms with Crippen molar-refractivity contribution in [3.8, 4) is 0 Å². The zero-order valence-corrected chi connectivity index (χ0v) is 11.4. The fourth-order valence-electron chi connectivity index (χ4n) is 1.69. The standard InChI is InChI=1S/C13H14ClFN2O2/c1-8(2)7-19-13(18)17-11-5-9(15)3-4-10(11)16-12(17)6-14/h3-5,8H,6-7H2,1-2H3. The van der Waals surface area contributed by atoms with Crippen molar-refractivity contribution in [3.63, 3.8) is 0 Å². The molecule has 102 valence electrons. The molecular weight excluding hydrogens is 271 g/mol. The van der Waals surface area contributed by atoms with Gasteiger partial charge in [-0.3, -0.25) is 0 Å². The first kappa shape index (κ1) is 13.8. The first-order valence-corrected chi connectivity index (χ1v) is 6.46. The van der Waals surface area contributed by atoms with Crippen LogP contribution in [0.3, 0.4) is 0 Å². The first-order valence-electron chi connectivity index (χ1n) is 5.93. The molecule has 0 spiro atoms. The molecule has 1 aromatic heterocycles. The van der Waals surface area contributed by atoms with Gasteiger partial charge in [-0.2, -0.15) is 0 Å². The molecule has 0 aliphatic heterocycles. The van der Waals surface area contributed by atoms with Crippen LogP contribution >= 0.6 is 11.6 Å². The average Bonchev–Trinajstić information content (AvgIpc) is 2.73. The highest BCUT2D eigenvalue weighted by Crippen LogP contribution is 2.19. The van der Waals surface area contributed by atoms with E-state index in [1.165, 1.54) is 22.8 Å². The number of fused-ring (bicyclic) bond motifs is 1. The Labute approximate surface area is 115 Å². The lowest BCUT2D eigenvalue weighted by Gasteiger charge is -2.09. The molecular formula is C13H14ClFN2O2. The quantitative estimate of drug-likeness (QED) is 0.810. The van der Waals surface area contributed by atoms with Crippen molar-refractivity contribution in [2.75, 3.05) is 6.61 Å². The van der Waals surface area contributed by atoms with Gasteiger partial charge in [0.2, 0.25) is 0 Å². The maximum absolute atomic E-state index is 13.3. The molecule has 0 radical (unpaired) electrons. The molecule has 1 heterocycles. The van der Waals surface area contributed by atoms with E-state index in [1.54, 1.807) is 0 Å². The number of hydrogen-bond donors (Lipinski definition) is 0. The number of carbonyl (C=O) groups excluding carboxylic acids is 1. The van der Waals surface area contributed by atoms with Crippen molar-refractivity contribution in [2.24, 2.45) is 5.92 Å². The largest absolute Gasteiger partial charge is 0.449 e. The third kappa shape index (κ3) is 2.87. The van der Waals surface area contributed by atoms with E-state index in [4.69, 9.17) is 16.3 Å². The van der Waals surface area contributed by atoms with Gasteiger partial charge in [0, 0.05) is 6.07 Å². The molecule has 0 atom stereocenters. The number of halogens is 2. The Kier molecular flexibility index (Phi) is 4.04. The van der Waals surface area contributed by atoms with Crippen LogP contribution in [0.5, 0.6) is 0 Å². The van der Waals surface area contributed by atoms with E-state index in [2.05, 4.69) is 4.98 Å². The number of imidazole rings is 1. The second-order valence-electron chi connectivity index (χ2n) is 4.60. The second-order valence-corrected chi connectivity index (χ2v) is 4.87. The lowest BCUT2D eigenvalue weighted by atomic mass is 10.2. The molecule has 0 saturated carbocycles. The molecule has 6 heteroatoms. The maximum atomic E-state index is 13.3. The van der Waals surface area contributed by atoms with Gasteiger partial charge >= 0.3 is 6.09 Å². The molecule has 0 bridgehead atoms. The third-order valence-electron chi connectivity index (χ3n) is 2.53. The van der Waals surface area contributed by atoms with E-state index in [-0.39, 0.29) is 18.4 Å². The van der Waals surface area contributed by atoms with Crippen LogP contribution in [0.15, 0.2) is 18.2 Å². The summed E-state index contributed by atoms with van der Waals surface area (Å²) in [6.07, 6.45) is -0.586. The van der Waals surface area contributed by atoms with E-state index < -0.39 is 11.9 Å². The van der Waals surface area contributed by atoms with Crippen LogP contribution in [0.25, 0.3) is 11.0 Å². The van der Waals surface area contributed by atoms with Crippen LogP contribution in [-0.2, 0) is 10.6 Å². The summed E-state index contributed by atoms with van der Waals surface area (Å²) in [5.74, 6) is 0.171. The highest BCUT2D eigenvalue weighted by Gasteiger charge is 2.18. The molecule has 1 aromatic carbocycles. The van der Waals surface area contributed by atoms with Gasteiger partial charge in [0.25, 0.3) is 0 Å². The third-order valence-corrected chi connectivity index (χ3v) is 2.77. The zero-order valence-electron chi connectivity index (χ0n) is 10.7.